The number of carbonyl (C=O) groups excluding carboxylic acids is 2. The minimum Gasteiger partial charge on any atom is -0.386 e. The number of hydrogen-bond acceptors (Lipinski definition) is 5. The van der Waals surface area contributed by atoms with Gasteiger partial charge in [-0.25, -0.2) is 0 Å². The number of β-amino-alcohol motifs (C(OH)–C–C–N with tert-alkyl or cyclic N) is 1. The van der Waals surface area contributed by atoms with Gasteiger partial charge in [0, 0.05) is 25.3 Å². The van der Waals surface area contributed by atoms with E-state index in [-0.39, 0.29) is 32.0 Å². The van der Waals surface area contributed by atoms with Gasteiger partial charge in [-0.15, -0.1) is 0 Å². The number of rotatable bonds is 4. The van der Waals surface area contributed by atoms with E-state index in [4.69, 9.17) is 10.5 Å². The van der Waals surface area contributed by atoms with Gasteiger partial charge in [0.2, 0.25) is 11.8 Å². The third-order valence-corrected chi connectivity index (χ3v) is 4.71. The van der Waals surface area contributed by atoms with Crippen LogP contribution in [0.3, 0.4) is 0 Å². The molecule has 7 heteroatoms. The topological polar surface area (TPSA) is 96.1 Å². The summed E-state index contributed by atoms with van der Waals surface area (Å²) in [5, 5.41) is 10.6. The number of fused-ring (bicyclic) bond motifs is 1. The number of amides is 2. The fraction of sp³-hybridized carbons (Fsp3) is 0.556. The third-order valence-electron chi connectivity index (χ3n) is 4.71. The van der Waals surface area contributed by atoms with E-state index < -0.39 is 11.5 Å². The average molecular weight is 347 g/mol. The van der Waals surface area contributed by atoms with Gasteiger partial charge in [0.05, 0.1) is 26.2 Å². The average Bonchev–Trinajstić information content (AvgIpc) is 2.74. The minimum atomic E-state index is -1.34. The van der Waals surface area contributed by atoms with Crippen LogP contribution in [0.1, 0.15) is 18.4 Å². The molecular weight excluding hydrogens is 322 g/mol. The maximum atomic E-state index is 12.8. The normalized spacial score (nSPS) is 24.4. The highest BCUT2D eigenvalue weighted by Gasteiger charge is 2.35. The molecule has 2 aliphatic heterocycles. The molecule has 0 spiro atoms. The first kappa shape index (κ1) is 17.8. The molecule has 25 heavy (non-hydrogen) atoms. The van der Waals surface area contributed by atoms with E-state index in [1.54, 1.807) is 0 Å². The van der Waals surface area contributed by atoms with Gasteiger partial charge >= 0.3 is 0 Å². The van der Waals surface area contributed by atoms with Crippen molar-refractivity contribution in [3.63, 3.8) is 0 Å². The summed E-state index contributed by atoms with van der Waals surface area (Å²) in [4.78, 5) is 27.7. The number of ether oxygens (including phenoxy) is 1. The van der Waals surface area contributed by atoms with Crippen molar-refractivity contribution in [1.29, 1.82) is 0 Å². The zero-order chi connectivity index (χ0) is 17.9. The van der Waals surface area contributed by atoms with Gasteiger partial charge in [-0.1, -0.05) is 18.2 Å². The molecule has 3 N–H and O–H groups in total. The summed E-state index contributed by atoms with van der Waals surface area (Å²) in [6.45, 7) is 2.06. The van der Waals surface area contributed by atoms with Crippen molar-refractivity contribution in [2.75, 3.05) is 44.3 Å². The lowest BCUT2D eigenvalue weighted by atomic mass is 9.99. The number of hydrogen-bond donors (Lipinski definition) is 2. The molecule has 0 bridgehead atoms. The summed E-state index contributed by atoms with van der Waals surface area (Å²) >= 11 is 0. The van der Waals surface area contributed by atoms with E-state index >= 15 is 0 Å². The first-order chi connectivity index (χ1) is 12.0. The number of aryl methyl sites for hydroxylation is 1. The zero-order valence-electron chi connectivity index (χ0n) is 14.3. The predicted molar refractivity (Wildman–Crippen MR) is 93.1 cm³/mol. The monoisotopic (exact) mass is 347 g/mol. The van der Waals surface area contributed by atoms with Crippen LogP contribution < -0.4 is 10.6 Å². The lowest BCUT2D eigenvalue weighted by Crippen LogP contribution is -2.50. The Morgan fingerprint density at radius 1 is 1.28 bits per heavy atom. The lowest BCUT2D eigenvalue weighted by molar-refractivity contribution is -0.126. The molecule has 1 atom stereocenters. The van der Waals surface area contributed by atoms with Crippen LogP contribution in [0.25, 0.3) is 0 Å². The van der Waals surface area contributed by atoms with Crippen LogP contribution >= 0.6 is 0 Å². The van der Waals surface area contributed by atoms with Gasteiger partial charge in [-0.05, 0) is 24.5 Å². The summed E-state index contributed by atoms with van der Waals surface area (Å²) < 4.78 is 5.40. The smallest absolute Gasteiger partial charge is 0.241 e. The summed E-state index contributed by atoms with van der Waals surface area (Å²) in [5.74, 6) is -0.584. The van der Waals surface area contributed by atoms with Gasteiger partial charge < -0.3 is 20.5 Å². The van der Waals surface area contributed by atoms with Crippen LogP contribution in [0.15, 0.2) is 24.3 Å². The van der Waals surface area contributed by atoms with Crippen LogP contribution in [-0.2, 0) is 20.7 Å². The molecule has 0 aliphatic carbocycles. The minimum absolute atomic E-state index is 0.00419. The van der Waals surface area contributed by atoms with Gasteiger partial charge in [-0.3, -0.25) is 14.5 Å². The maximum Gasteiger partial charge on any atom is 0.241 e. The fourth-order valence-corrected chi connectivity index (χ4v) is 3.63. The second kappa shape index (κ2) is 7.51. The van der Waals surface area contributed by atoms with Crippen molar-refractivity contribution >= 4 is 17.5 Å². The zero-order valence-corrected chi connectivity index (χ0v) is 14.3. The van der Waals surface area contributed by atoms with E-state index in [2.05, 4.69) is 6.07 Å². The molecule has 136 valence electrons. The molecule has 1 fully saturated rings. The van der Waals surface area contributed by atoms with Crippen LogP contribution in [-0.4, -0.2) is 66.8 Å². The van der Waals surface area contributed by atoms with E-state index in [1.807, 2.05) is 28.0 Å². The second-order valence-corrected chi connectivity index (χ2v) is 6.91. The van der Waals surface area contributed by atoms with Crippen molar-refractivity contribution in [3.05, 3.63) is 29.8 Å². The number of nitrogens with zero attached hydrogens (tertiary/aromatic N) is 2. The van der Waals surface area contributed by atoms with Crippen molar-refractivity contribution in [2.45, 2.75) is 24.9 Å². The van der Waals surface area contributed by atoms with Crippen molar-refractivity contribution in [3.8, 4) is 0 Å². The highest BCUT2D eigenvalue weighted by molar-refractivity contribution is 5.96. The molecule has 2 heterocycles. The number of benzene rings is 1. The van der Waals surface area contributed by atoms with E-state index in [9.17, 15) is 14.7 Å². The van der Waals surface area contributed by atoms with Crippen LogP contribution in [0.4, 0.5) is 5.69 Å². The van der Waals surface area contributed by atoms with Gasteiger partial charge in [-0.2, -0.15) is 0 Å². The molecular formula is C18H25N3O4. The van der Waals surface area contributed by atoms with Crippen LogP contribution in [0, 0.1) is 0 Å². The Kier molecular flexibility index (Phi) is 5.36. The van der Waals surface area contributed by atoms with E-state index in [1.165, 1.54) is 5.56 Å². The molecule has 0 unspecified atom stereocenters. The first-order valence-electron chi connectivity index (χ1n) is 8.66. The Bertz CT molecular complexity index is 651. The standard InChI is InChI=1S/C18H25N3O4/c19-16(22)10-18(24)12-20(8-9-25-13-18)11-17(23)21-7-3-5-14-4-1-2-6-15(14)21/h1-2,4,6,24H,3,5,7-13H2,(H2,19,22)/t18-/m0/s1. The van der Waals surface area contributed by atoms with E-state index in [0.29, 0.717) is 19.7 Å². The molecule has 0 saturated carbocycles. The quantitative estimate of drug-likeness (QED) is 0.793. The predicted octanol–water partition coefficient (Wildman–Crippen LogP) is -0.0955. The van der Waals surface area contributed by atoms with E-state index in [0.717, 1.165) is 18.5 Å². The third kappa shape index (κ3) is 4.36. The molecule has 7 nitrogen and oxygen atoms in total. The molecule has 1 aromatic carbocycles. The Morgan fingerprint density at radius 3 is 2.88 bits per heavy atom. The number of aliphatic hydroxyl groups is 1. The molecule has 0 aromatic heterocycles. The Balaban J connectivity index is 1.69. The van der Waals surface area contributed by atoms with Crippen molar-refractivity contribution in [2.24, 2.45) is 5.73 Å². The van der Waals surface area contributed by atoms with Gasteiger partial charge in [0.15, 0.2) is 0 Å². The molecule has 0 radical (unpaired) electrons. The maximum absolute atomic E-state index is 12.8. The largest absolute Gasteiger partial charge is 0.386 e. The SMILES string of the molecule is NC(=O)C[C@@]1(O)COCCN(CC(=O)N2CCCc3ccccc32)C1. The number of primary amides is 1. The Hall–Kier alpha value is -1.96. The van der Waals surface area contributed by atoms with Crippen LogP contribution in [0.5, 0.6) is 0 Å². The van der Waals surface area contributed by atoms with Crippen molar-refractivity contribution < 1.29 is 19.4 Å². The second-order valence-electron chi connectivity index (χ2n) is 6.91. The summed E-state index contributed by atoms with van der Waals surface area (Å²) in [7, 11) is 0. The van der Waals surface area contributed by atoms with Crippen molar-refractivity contribution in [1.82, 2.24) is 4.90 Å². The highest BCUT2D eigenvalue weighted by atomic mass is 16.5. The molecule has 1 aromatic rings. The Labute approximate surface area is 147 Å². The number of anilines is 1. The number of carbonyl (C=O) groups is 2. The summed E-state index contributed by atoms with van der Waals surface area (Å²) in [6, 6.07) is 7.96. The Morgan fingerprint density at radius 2 is 2.08 bits per heavy atom. The summed E-state index contributed by atoms with van der Waals surface area (Å²) in [5.41, 5.74) is 6.04. The number of para-hydroxylation sites is 1. The highest BCUT2D eigenvalue weighted by Crippen LogP contribution is 2.27. The molecule has 3 rings (SSSR count). The van der Waals surface area contributed by atoms with Crippen LogP contribution in [0.2, 0.25) is 0 Å². The number of nitrogens with two attached hydrogens (primary N) is 1. The lowest BCUT2D eigenvalue weighted by Gasteiger charge is -2.33. The summed E-state index contributed by atoms with van der Waals surface area (Å²) in [6.07, 6.45) is 1.75. The first-order valence-corrected chi connectivity index (χ1v) is 8.66. The molecule has 2 aliphatic rings. The fourth-order valence-electron chi connectivity index (χ4n) is 3.63. The van der Waals surface area contributed by atoms with Gasteiger partial charge in [0.25, 0.3) is 0 Å². The van der Waals surface area contributed by atoms with Gasteiger partial charge in [0.1, 0.15) is 5.60 Å². The molecule has 1 saturated heterocycles. The molecule has 2 amide bonds.